The third-order valence-corrected chi connectivity index (χ3v) is 4.25. The Hall–Kier alpha value is -1.73. The third kappa shape index (κ3) is 2.91. The van der Waals surface area contributed by atoms with Gasteiger partial charge in [-0.1, -0.05) is 30.1 Å². The molecule has 1 aromatic rings. The summed E-state index contributed by atoms with van der Waals surface area (Å²) in [6.07, 6.45) is 0.183. The third-order valence-electron chi connectivity index (χ3n) is 3.51. The van der Waals surface area contributed by atoms with Crippen LogP contribution < -0.4 is 0 Å². The number of nitrogens with zero attached hydrogens (tertiary/aromatic N) is 2. The first-order valence-corrected chi connectivity index (χ1v) is 7.13. The van der Waals surface area contributed by atoms with Crippen LogP contribution in [0.4, 0.5) is 10.1 Å². The van der Waals surface area contributed by atoms with Crippen LogP contribution in [0.5, 0.6) is 0 Å². The number of piperidine rings is 1. The summed E-state index contributed by atoms with van der Waals surface area (Å²) < 4.78 is 13.7. The van der Waals surface area contributed by atoms with Crippen molar-refractivity contribution in [2.45, 2.75) is 13.3 Å². The SMILES string of the molecule is CC1CN(C(=O)c2cc(F)c(Cl)c([N+](=O)[O-])c2Cl)CCC1=O. The Bertz CT molecular complexity index is 680. The van der Waals surface area contributed by atoms with Crippen molar-refractivity contribution in [2.24, 2.45) is 5.92 Å². The van der Waals surface area contributed by atoms with E-state index in [0.29, 0.717) is 0 Å². The van der Waals surface area contributed by atoms with Crippen molar-refractivity contribution in [2.75, 3.05) is 13.1 Å². The predicted octanol–water partition coefficient (Wildman–Crippen LogP) is 3.09. The lowest BCUT2D eigenvalue weighted by Crippen LogP contribution is -2.43. The summed E-state index contributed by atoms with van der Waals surface area (Å²) in [6, 6.07) is 0.779. The summed E-state index contributed by atoms with van der Waals surface area (Å²) >= 11 is 11.4. The maximum Gasteiger partial charge on any atom is 0.310 e. The largest absolute Gasteiger partial charge is 0.337 e. The molecule has 1 saturated heterocycles. The fourth-order valence-electron chi connectivity index (χ4n) is 2.28. The molecule has 22 heavy (non-hydrogen) atoms. The van der Waals surface area contributed by atoms with Crippen LogP contribution in [0, 0.1) is 21.8 Å². The number of benzene rings is 1. The van der Waals surface area contributed by atoms with Gasteiger partial charge in [0, 0.05) is 25.4 Å². The lowest BCUT2D eigenvalue weighted by Gasteiger charge is -2.30. The number of carbonyl (C=O) groups excluding carboxylic acids is 2. The van der Waals surface area contributed by atoms with Crippen molar-refractivity contribution in [3.05, 3.63) is 37.6 Å². The summed E-state index contributed by atoms with van der Waals surface area (Å²) in [5, 5.41) is 9.69. The number of halogens is 3. The van der Waals surface area contributed by atoms with Crippen LogP contribution in [0.2, 0.25) is 10.0 Å². The second-order valence-electron chi connectivity index (χ2n) is 5.01. The molecular formula is C13H11Cl2FN2O4. The first-order chi connectivity index (χ1) is 10.2. The lowest BCUT2D eigenvalue weighted by atomic mass is 9.98. The van der Waals surface area contributed by atoms with E-state index in [1.165, 1.54) is 4.90 Å². The van der Waals surface area contributed by atoms with Crippen molar-refractivity contribution < 1.29 is 18.9 Å². The molecular weight excluding hydrogens is 338 g/mol. The number of nitro benzene ring substituents is 1. The number of Topliss-reactive ketones (excluding diaryl/α,β-unsaturated/α-hetero) is 1. The molecule has 1 aliphatic rings. The Morgan fingerprint density at radius 2 is 2.09 bits per heavy atom. The maximum atomic E-state index is 13.7. The average molecular weight is 349 g/mol. The molecule has 1 amide bonds. The Balaban J connectivity index is 2.42. The molecule has 0 aliphatic carbocycles. The van der Waals surface area contributed by atoms with Crippen LogP contribution in [-0.4, -0.2) is 34.6 Å². The van der Waals surface area contributed by atoms with Gasteiger partial charge in [0.15, 0.2) is 5.02 Å². The van der Waals surface area contributed by atoms with E-state index in [0.717, 1.165) is 6.07 Å². The zero-order valence-electron chi connectivity index (χ0n) is 11.4. The van der Waals surface area contributed by atoms with E-state index in [-0.39, 0.29) is 36.8 Å². The summed E-state index contributed by atoms with van der Waals surface area (Å²) in [6.45, 7) is 2.00. The molecule has 0 radical (unpaired) electrons. The monoisotopic (exact) mass is 348 g/mol. The molecule has 0 N–H and O–H groups in total. The van der Waals surface area contributed by atoms with Gasteiger partial charge in [-0.2, -0.15) is 0 Å². The van der Waals surface area contributed by atoms with Gasteiger partial charge in [-0.25, -0.2) is 4.39 Å². The van der Waals surface area contributed by atoms with Gasteiger partial charge in [0.05, 0.1) is 10.5 Å². The molecule has 0 bridgehead atoms. The minimum Gasteiger partial charge on any atom is -0.337 e. The molecule has 1 aliphatic heterocycles. The summed E-state index contributed by atoms with van der Waals surface area (Å²) in [5.74, 6) is -2.07. The number of hydrogen-bond acceptors (Lipinski definition) is 4. The first kappa shape index (κ1) is 16.6. The number of amides is 1. The lowest BCUT2D eigenvalue weighted by molar-refractivity contribution is -0.384. The van der Waals surface area contributed by atoms with E-state index in [4.69, 9.17) is 23.2 Å². The van der Waals surface area contributed by atoms with E-state index in [1.807, 2.05) is 0 Å². The highest BCUT2D eigenvalue weighted by atomic mass is 35.5. The zero-order valence-corrected chi connectivity index (χ0v) is 12.9. The van der Waals surface area contributed by atoms with Gasteiger partial charge < -0.3 is 4.90 Å². The standard InChI is InChI=1S/C13H11Cl2FN2O4/c1-6-5-17(3-2-9(6)19)13(20)7-4-8(16)11(15)12(10(7)14)18(21)22/h4,6H,2-3,5H2,1H3. The van der Waals surface area contributed by atoms with Gasteiger partial charge in [0.25, 0.3) is 5.91 Å². The topological polar surface area (TPSA) is 80.5 Å². The van der Waals surface area contributed by atoms with E-state index >= 15 is 0 Å². The molecule has 1 fully saturated rings. The summed E-state index contributed by atoms with van der Waals surface area (Å²) in [4.78, 5) is 35.2. The van der Waals surface area contributed by atoms with Crippen LogP contribution in [-0.2, 0) is 4.79 Å². The normalized spacial score (nSPS) is 18.5. The van der Waals surface area contributed by atoms with Crippen molar-refractivity contribution in [3.8, 4) is 0 Å². The second kappa shape index (κ2) is 6.18. The summed E-state index contributed by atoms with van der Waals surface area (Å²) in [7, 11) is 0. The van der Waals surface area contributed by atoms with Crippen LogP contribution in [0.3, 0.4) is 0 Å². The quantitative estimate of drug-likeness (QED) is 0.467. The van der Waals surface area contributed by atoms with Crippen LogP contribution in [0.25, 0.3) is 0 Å². The Labute approximate surface area is 134 Å². The van der Waals surface area contributed by atoms with Gasteiger partial charge in [-0.05, 0) is 6.07 Å². The average Bonchev–Trinajstić information content (AvgIpc) is 2.45. The van der Waals surface area contributed by atoms with Gasteiger partial charge >= 0.3 is 5.69 Å². The van der Waals surface area contributed by atoms with E-state index in [2.05, 4.69) is 0 Å². The summed E-state index contributed by atoms with van der Waals surface area (Å²) in [5.41, 5.74) is -1.18. The highest BCUT2D eigenvalue weighted by Crippen LogP contribution is 2.37. The number of rotatable bonds is 2. The molecule has 1 heterocycles. The van der Waals surface area contributed by atoms with Gasteiger partial charge in [0.2, 0.25) is 0 Å². The highest BCUT2D eigenvalue weighted by molar-refractivity contribution is 6.40. The van der Waals surface area contributed by atoms with Crippen molar-refractivity contribution in [3.63, 3.8) is 0 Å². The van der Waals surface area contributed by atoms with Gasteiger partial charge in [0.1, 0.15) is 16.6 Å². The highest BCUT2D eigenvalue weighted by Gasteiger charge is 2.32. The molecule has 1 atom stereocenters. The Kier molecular flexibility index (Phi) is 4.67. The molecule has 6 nitrogen and oxygen atoms in total. The maximum absolute atomic E-state index is 13.7. The predicted molar refractivity (Wildman–Crippen MR) is 77.8 cm³/mol. The molecule has 0 saturated carbocycles. The molecule has 0 spiro atoms. The molecule has 9 heteroatoms. The molecule has 2 rings (SSSR count). The first-order valence-electron chi connectivity index (χ1n) is 6.38. The fourth-order valence-corrected chi connectivity index (χ4v) is 2.84. The smallest absolute Gasteiger partial charge is 0.310 e. The Morgan fingerprint density at radius 3 is 2.64 bits per heavy atom. The second-order valence-corrected chi connectivity index (χ2v) is 5.76. The molecule has 1 aromatic carbocycles. The Morgan fingerprint density at radius 1 is 1.45 bits per heavy atom. The molecule has 118 valence electrons. The fraction of sp³-hybridized carbons (Fsp3) is 0.385. The molecule has 1 unspecified atom stereocenters. The minimum absolute atomic E-state index is 0.0309. The van der Waals surface area contributed by atoms with Crippen molar-refractivity contribution >= 4 is 40.6 Å². The van der Waals surface area contributed by atoms with Crippen LogP contribution >= 0.6 is 23.2 Å². The van der Waals surface area contributed by atoms with Crippen molar-refractivity contribution in [1.82, 2.24) is 4.90 Å². The van der Waals surface area contributed by atoms with Gasteiger partial charge in [-0.15, -0.1) is 0 Å². The molecule has 0 aromatic heterocycles. The minimum atomic E-state index is -1.10. The van der Waals surface area contributed by atoms with Gasteiger partial charge in [-0.3, -0.25) is 19.7 Å². The van der Waals surface area contributed by atoms with E-state index in [9.17, 15) is 24.1 Å². The van der Waals surface area contributed by atoms with Crippen LogP contribution in [0.15, 0.2) is 6.07 Å². The number of nitro groups is 1. The van der Waals surface area contributed by atoms with E-state index < -0.39 is 32.4 Å². The number of carbonyl (C=O) groups is 2. The van der Waals surface area contributed by atoms with Crippen molar-refractivity contribution in [1.29, 1.82) is 0 Å². The number of ketones is 1. The van der Waals surface area contributed by atoms with Crippen LogP contribution in [0.1, 0.15) is 23.7 Å². The zero-order chi connectivity index (χ0) is 16.6. The van der Waals surface area contributed by atoms with E-state index in [1.54, 1.807) is 6.92 Å². The number of hydrogen-bond donors (Lipinski definition) is 0. The number of likely N-dealkylation sites (tertiary alicyclic amines) is 1.